The summed E-state index contributed by atoms with van der Waals surface area (Å²) in [6.45, 7) is 0.927. The first kappa shape index (κ1) is 6.62. The highest BCUT2D eigenvalue weighted by Gasteiger charge is 2.48. The van der Waals surface area contributed by atoms with E-state index in [1.54, 1.807) is 0 Å². The normalized spacial score (nSPS) is 36.3. The molecule has 0 amide bonds. The zero-order chi connectivity index (χ0) is 7.03. The van der Waals surface area contributed by atoms with Gasteiger partial charge in [0.1, 0.15) is 0 Å². The summed E-state index contributed by atoms with van der Waals surface area (Å²) in [5, 5.41) is 3.31. The topological polar surface area (TPSA) is 21.3 Å². The molecule has 0 radical (unpaired) electrons. The second kappa shape index (κ2) is 2.21. The van der Waals surface area contributed by atoms with Gasteiger partial charge in [-0.2, -0.15) is 0 Å². The van der Waals surface area contributed by atoms with Gasteiger partial charge in [0.15, 0.2) is 0 Å². The van der Waals surface area contributed by atoms with Crippen molar-refractivity contribution >= 4 is 0 Å². The van der Waals surface area contributed by atoms with Crippen LogP contribution in [0.25, 0.3) is 0 Å². The molecule has 10 heavy (non-hydrogen) atoms. The van der Waals surface area contributed by atoms with Crippen molar-refractivity contribution in [2.75, 3.05) is 13.7 Å². The molecule has 1 aliphatic heterocycles. The molecule has 1 saturated carbocycles. The van der Waals surface area contributed by atoms with Crippen LogP contribution in [-0.4, -0.2) is 25.3 Å². The lowest BCUT2D eigenvalue weighted by Gasteiger charge is -2.47. The second-order valence-electron chi connectivity index (χ2n) is 3.42. The molecule has 2 nitrogen and oxygen atoms in total. The molecular formula is C8H15NO. The van der Waals surface area contributed by atoms with E-state index in [1.807, 2.05) is 7.05 Å². The highest BCUT2D eigenvalue weighted by atomic mass is 16.5. The zero-order valence-electron chi connectivity index (χ0n) is 6.52. The minimum absolute atomic E-state index is 0.273. The molecule has 2 fully saturated rings. The Morgan fingerprint density at radius 2 is 2.10 bits per heavy atom. The average molecular weight is 141 g/mol. The van der Waals surface area contributed by atoms with Crippen LogP contribution in [0, 0.1) is 0 Å². The van der Waals surface area contributed by atoms with E-state index in [4.69, 9.17) is 4.74 Å². The third-order valence-electron chi connectivity index (χ3n) is 2.97. The van der Waals surface area contributed by atoms with E-state index in [2.05, 4.69) is 5.32 Å². The fourth-order valence-electron chi connectivity index (χ4n) is 2.22. The quantitative estimate of drug-likeness (QED) is 0.586. The molecule has 1 saturated heterocycles. The summed E-state index contributed by atoms with van der Waals surface area (Å²) < 4.78 is 5.62. The van der Waals surface area contributed by atoms with Crippen molar-refractivity contribution in [3.63, 3.8) is 0 Å². The van der Waals surface area contributed by atoms with E-state index >= 15 is 0 Å². The summed E-state index contributed by atoms with van der Waals surface area (Å²) in [6, 6.07) is 0.648. The smallest absolute Gasteiger partial charge is 0.0858 e. The van der Waals surface area contributed by atoms with Crippen LogP contribution in [-0.2, 0) is 4.74 Å². The van der Waals surface area contributed by atoms with Gasteiger partial charge in [0.05, 0.1) is 18.2 Å². The van der Waals surface area contributed by atoms with E-state index in [9.17, 15) is 0 Å². The summed E-state index contributed by atoms with van der Waals surface area (Å²) >= 11 is 0. The predicted octanol–water partition coefficient (Wildman–Crippen LogP) is 0.917. The van der Waals surface area contributed by atoms with Crippen molar-refractivity contribution in [2.45, 2.75) is 37.3 Å². The number of nitrogens with one attached hydrogen (secondary N) is 1. The zero-order valence-corrected chi connectivity index (χ0v) is 6.52. The van der Waals surface area contributed by atoms with Crippen LogP contribution in [0.15, 0.2) is 0 Å². The average Bonchev–Trinajstić information content (AvgIpc) is 2.35. The Morgan fingerprint density at radius 1 is 1.40 bits per heavy atom. The molecule has 2 rings (SSSR count). The van der Waals surface area contributed by atoms with Gasteiger partial charge in [0, 0.05) is 0 Å². The van der Waals surface area contributed by atoms with Gasteiger partial charge in [-0.25, -0.2) is 0 Å². The van der Waals surface area contributed by atoms with Gasteiger partial charge in [-0.3, -0.25) is 0 Å². The largest absolute Gasteiger partial charge is 0.372 e. The Morgan fingerprint density at radius 3 is 2.50 bits per heavy atom. The minimum atomic E-state index is 0.273. The number of hydrogen-bond acceptors (Lipinski definition) is 2. The standard InChI is InChI=1S/C8H15NO/c1-9-7-6-10-8(7)4-2-3-5-8/h7,9H,2-6H2,1H3. The number of rotatable bonds is 1. The number of hydrogen-bond donors (Lipinski definition) is 1. The lowest BCUT2D eigenvalue weighted by Crippen LogP contribution is -2.62. The third-order valence-corrected chi connectivity index (χ3v) is 2.97. The number of likely N-dealkylation sites (N-methyl/N-ethyl adjacent to an activating group) is 1. The van der Waals surface area contributed by atoms with Crippen LogP contribution in [0.4, 0.5) is 0 Å². The summed E-state index contributed by atoms with van der Waals surface area (Å²) in [4.78, 5) is 0. The minimum Gasteiger partial charge on any atom is -0.372 e. The summed E-state index contributed by atoms with van der Waals surface area (Å²) in [5.74, 6) is 0. The van der Waals surface area contributed by atoms with Gasteiger partial charge < -0.3 is 10.1 Å². The predicted molar refractivity (Wildman–Crippen MR) is 40.0 cm³/mol. The Kier molecular flexibility index (Phi) is 1.46. The van der Waals surface area contributed by atoms with Gasteiger partial charge in [0.2, 0.25) is 0 Å². The Hall–Kier alpha value is -0.0800. The lowest BCUT2D eigenvalue weighted by atomic mass is 9.87. The molecule has 1 atom stereocenters. The van der Waals surface area contributed by atoms with Gasteiger partial charge in [-0.15, -0.1) is 0 Å². The molecular weight excluding hydrogens is 126 g/mol. The maximum atomic E-state index is 5.62. The van der Waals surface area contributed by atoms with E-state index in [-0.39, 0.29) is 5.60 Å². The highest BCUT2D eigenvalue weighted by molar-refractivity contribution is 5.02. The molecule has 0 aromatic carbocycles. The second-order valence-corrected chi connectivity index (χ2v) is 3.42. The number of ether oxygens (including phenoxy) is 1. The van der Waals surface area contributed by atoms with Crippen molar-refractivity contribution in [1.82, 2.24) is 5.32 Å². The first-order chi connectivity index (χ1) is 4.87. The third kappa shape index (κ3) is 0.722. The Balaban J connectivity index is 2.01. The summed E-state index contributed by atoms with van der Waals surface area (Å²) in [7, 11) is 2.03. The van der Waals surface area contributed by atoms with Crippen LogP contribution in [0.1, 0.15) is 25.7 Å². The van der Waals surface area contributed by atoms with Crippen LogP contribution < -0.4 is 5.32 Å². The van der Waals surface area contributed by atoms with Gasteiger partial charge >= 0.3 is 0 Å². The molecule has 1 aliphatic carbocycles. The summed E-state index contributed by atoms with van der Waals surface area (Å²) in [6.07, 6.45) is 5.27. The molecule has 1 N–H and O–H groups in total. The molecule has 1 unspecified atom stereocenters. The fourth-order valence-corrected chi connectivity index (χ4v) is 2.22. The molecule has 0 bridgehead atoms. The van der Waals surface area contributed by atoms with Gasteiger partial charge in [0.25, 0.3) is 0 Å². The first-order valence-electron chi connectivity index (χ1n) is 4.19. The maximum Gasteiger partial charge on any atom is 0.0858 e. The molecule has 58 valence electrons. The molecule has 0 aromatic rings. The highest BCUT2D eigenvalue weighted by Crippen LogP contribution is 2.41. The van der Waals surface area contributed by atoms with Crippen molar-refractivity contribution in [1.29, 1.82) is 0 Å². The van der Waals surface area contributed by atoms with Crippen molar-refractivity contribution in [2.24, 2.45) is 0 Å². The fraction of sp³-hybridized carbons (Fsp3) is 1.00. The molecule has 2 aliphatic rings. The SMILES string of the molecule is CNC1COC12CCCC2. The van der Waals surface area contributed by atoms with E-state index in [1.165, 1.54) is 25.7 Å². The van der Waals surface area contributed by atoms with Crippen LogP contribution in [0.3, 0.4) is 0 Å². The summed E-state index contributed by atoms with van der Waals surface area (Å²) in [5.41, 5.74) is 0.273. The van der Waals surface area contributed by atoms with Gasteiger partial charge in [-0.1, -0.05) is 12.8 Å². The molecule has 0 aromatic heterocycles. The Bertz CT molecular complexity index is 127. The molecule has 1 spiro atoms. The first-order valence-corrected chi connectivity index (χ1v) is 4.19. The van der Waals surface area contributed by atoms with Crippen LogP contribution >= 0.6 is 0 Å². The molecule has 2 heteroatoms. The van der Waals surface area contributed by atoms with Crippen molar-refractivity contribution < 1.29 is 4.74 Å². The lowest BCUT2D eigenvalue weighted by molar-refractivity contribution is -0.170. The van der Waals surface area contributed by atoms with E-state index in [0.29, 0.717) is 6.04 Å². The molecule has 1 heterocycles. The van der Waals surface area contributed by atoms with Crippen LogP contribution in [0.2, 0.25) is 0 Å². The monoisotopic (exact) mass is 141 g/mol. The van der Waals surface area contributed by atoms with Gasteiger partial charge in [-0.05, 0) is 19.9 Å². The van der Waals surface area contributed by atoms with E-state index in [0.717, 1.165) is 6.61 Å². The van der Waals surface area contributed by atoms with Crippen molar-refractivity contribution in [3.05, 3.63) is 0 Å². The van der Waals surface area contributed by atoms with E-state index < -0.39 is 0 Å². The van der Waals surface area contributed by atoms with Crippen molar-refractivity contribution in [3.8, 4) is 0 Å². The maximum absolute atomic E-state index is 5.62. The van der Waals surface area contributed by atoms with Crippen LogP contribution in [0.5, 0.6) is 0 Å². The Labute approximate surface area is 61.9 Å².